The van der Waals surface area contributed by atoms with Gasteiger partial charge in [-0.05, 0) is 18.6 Å². The van der Waals surface area contributed by atoms with E-state index in [1.54, 1.807) is 6.07 Å². The molecule has 3 rings (SSSR count). The number of aliphatic hydroxyl groups excluding tert-OH is 1. The van der Waals surface area contributed by atoms with Gasteiger partial charge in [0.2, 0.25) is 5.82 Å². The van der Waals surface area contributed by atoms with Crippen LogP contribution in [0.4, 0.5) is 5.82 Å². The molecule has 1 aromatic heterocycles. The van der Waals surface area contributed by atoms with Gasteiger partial charge in [-0.1, -0.05) is 12.1 Å². The molecule has 1 aliphatic heterocycles. The highest BCUT2D eigenvalue weighted by Gasteiger charge is 2.24. The molecule has 0 radical (unpaired) electrons. The Kier molecular flexibility index (Phi) is 2.79. The number of benzene rings is 1. The second-order valence-corrected chi connectivity index (χ2v) is 4.58. The van der Waals surface area contributed by atoms with Crippen molar-refractivity contribution in [3.05, 3.63) is 30.1 Å². The number of aliphatic hydroxyl groups is 1. The van der Waals surface area contributed by atoms with Crippen LogP contribution >= 0.6 is 0 Å². The SMILES string of the molecule is O=C(O)c1nc(N2CCC(O)C2)c2ccccc2n1. The molecule has 0 spiro atoms. The predicted molar refractivity (Wildman–Crippen MR) is 69.3 cm³/mol. The van der Waals surface area contributed by atoms with Crippen LogP contribution in [0.15, 0.2) is 24.3 Å². The Bertz CT molecular complexity index is 644. The molecule has 98 valence electrons. The Morgan fingerprint density at radius 2 is 2.11 bits per heavy atom. The van der Waals surface area contributed by atoms with E-state index in [9.17, 15) is 9.90 Å². The number of nitrogens with zero attached hydrogens (tertiary/aromatic N) is 3. The van der Waals surface area contributed by atoms with Gasteiger partial charge in [0.15, 0.2) is 0 Å². The summed E-state index contributed by atoms with van der Waals surface area (Å²) in [5.74, 6) is -0.776. The average Bonchev–Trinajstić information content (AvgIpc) is 2.84. The zero-order valence-electron chi connectivity index (χ0n) is 10.2. The second-order valence-electron chi connectivity index (χ2n) is 4.58. The normalized spacial score (nSPS) is 19.0. The molecule has 0 amide bonds. The van der Waals surface area contributed by atoms with Crippen molar-refractivity contribution in [2.45, 2.75) is 12.5 Å². The number of anilines is 1. The molecule has 2 N–H and O–H groups in total. The molecule has 6 heteroatoms. The van der Waals surface area contributed by atoms with E-state index in [0.717, 1.165) is 5.39 Å². The molecule has 2 heterocycles. The first-order valence-electron chi connectivity index (χ1n) is 6.08. The summed E-state index contributed by atoms with van der Waals surface area (Å²) in [5.41, 5.74) is 0.603. The number of hydrogen-bond acceptors (Lipinski definition) is 5. The Balaban J connectivity index is 2.17. The van der Waals surface area contributed by atoms with Gasteiger partial charge in [-0.2, -0.15) is 0 Å². The summed E-state index contributed by atoms with van der Waals surface area (Å²) in [5, 5.41) is 19.5. The van der Waals surface area contributed by atoms with E-state index in [-0.39, 0.29) is 11.9 Å². The Hall–Kier alpha value is -2.21. The molecule has 19 heavy (non-hydrogen) atoms. The van der Waals surface area contributed by atoms with E-state index >= 15 is 0 Å². The first-order valence-corrected chi connectivity index (χ1v) is 6.08. The molecular formula is C13H13N3O3. The van der Waals surface area contributed by atoms with Crippen molar-refractivity contribution in [1.82, 2.24) is 9.97 Å². The van der Waals surface area contributed by atoms with Gasteiger partial charge in [0.05, 0.1) is 11.6 Å². The first-order chi connectivity index (χ1) is 9.15. The van der Waals surface area contributed by atoms with Gasteiger partial charge in [-0.3, -0.25) is 0 Å². The third-order valence-electron chi connectivity index (χ3n) is 3.24. The van der Waals surface area contributed by atoms with Crippen molar-refractivity contribution in [3.63, 3.8) is 0 Å². The number of aromatic carboxylic acids is 1. The molecule has 1 fully saturated rings. The van der Waals surface area contributed by atoms with E-state index in [1.807, 2.05) is 23.1 Å². The van der Waals surface area contributed by atoms with Crippen LogP contribution in [-0.4, -0.2) is 45.3 Å². The van der Waals surface area contributed by atoms with E-state index in [2.05, 4.69) is 9.97 Å². The monoisotopic (exact) mass is 259 g/mol. The Labute approximate surface area is 109 Å². The second kappa shape index (κ2) is 4.47. The lowest BCUT2D eigenvalue weighted by atomic mass is 10.2. The molecule has 1 aromatic carbocycles. The highest BCUT2D eigenvalue weighted by molar-refractivity contribution is 5.93. The van der Waals surface area contributed by atoms with Gasteiger partial charge in [0.25, 0.3) is 0 Å². The largest absolute Gasteiger partial charge is 0.475 e. The highest BCUT2D eigenvalue weighted by Crippen LogP contribution is 2.26. The van der Waals surface area contributed by atoms with E-state index in [4.69, 9.17) is 5.11 Å². The lowest BCUT2D eigenvalue weighted by molar-refractivity contribution is 0.0684. The van der Waals surface area contributed by atoms with Crippen molar-refractivity contribution in [2.75, 3.05) is 18.0 Å². The van der Waals surface area contributed by atoms with Crippen LogP contribution in [0, 0.1) is 0 Å². The van der Waals surface area contributed by atoms with Crippen molar-refractivity contribution < 1.29 is 15.0 Å². The zero-order chi connectivity index (χ0) is 13.4. The van der Waals surface area contributed by atoms with Crippen LogP contribution in [-0.2, 0) is 0 Å². The maximum absolute atomic E-state index is 11.1. The maximum Gasteiger partial charge on any atom is 0.374 e. The number of carboxylic acid groups (broad SMARTS) is 1. The lowest BCUT2D eigenvalue weighted by Gasteiger charge is -2.18. The Morgan fingerprint density at radius 3 is 2.79 bits per heavy atom. The number of rotatable bonds is 2. The predicted octanol–water partition coefficient (Wildman–Crippen LogP) is 0.899. The third-order valence-corrected chi connectivity index (χ3v) is 3.24. The van der Waals surface area contributed by atoms with Crippen LogP contribution in [0.2, 0.25) is 0 Å². The average molecular weight is 259 g/mol. The van der Waals surface area contributed by atoms with Gasteiger partial charge < -0.3 is 15.1 Å². The van der Waals surface area contributed by atoms with E-state index < -0.39 is 5.97 Å². The molecule has 6 nitrogen and oxygen atoms in total. The number of para-hydroxylation sites is 1. The summed E-state index contributed by atoms with van der Waals surface area (Å²) in [6, 6.07) is 7.30. The minimum Gasteiger partial charge on any atom is -0.475 e. The van der Waals surface area contributed by atoms with Crippen molar-refractivity contribution in [2.24, 2.45) is 0 Å². The smallest absolute Gasteiger partial charge is 0.374 e. The van der Waals surface area contributed by atoms with E-state index in [1.165, 1.54) is 0 Å². The molecule has 1 saturated heterocycles. The van der Waals surface area contributed by atoms with Crippen LogP contribution < -0.4 is 4.90 Å². The van der Waals surface area contributed by atoms with Gasteiger partial charge in [-0.15, -0.1) is 0 Å². The number of carbonyl (C=O) groups is 1. The summed E-state index contributed by atoms with van der Waals surface area (Å²) in [6.07, 6.45) is 0.280. The molecular weight excluding hydrogens is 246 g/mol. The zero-order valence-corrected chi connectivity index (χ0v) is 10.2. The fraction of sp³-hybridized carbons (Fsp3) is 0.308. The number of β-amino-alcohol motifs (C(OH)–C–C–N with tert-alkyl or cyclic N) is 1. The third kappa shape index (κ3) is 2.10. The Morgan fingerprint density at radius 1 is 1.32 bits per heavy atom. The summed E-state index contributed by atoms with van der Waals surface area (Å²) in [4.78, 5) is 21.1. The molecule has 1 atom stereocenters. The van der Waals surface area contributed by atoms with Crippen LogP contribution in [0.1, 0.15) is 17.0 Å². The quantitative estimate of drug-likeness (QED) is 0.833. The summed E-state index contributed by atoms with van der Waals surface area (Å²) >= 11 is 0. The lowest BCUT2D eigenvalue weighted by Crippen LogP contribution is -2.23. The fourth-order valence-electron chi connectivity index (χ4n) is 2.33. The highest BCUT2D eigenvalue weighted by atomic mass is 16.4. The van der Waals surface area contributed by atoms with Gasteiger partial charge in [0.1, 0.15) is 5.82 Å². The van der Waals surface area contributed by atoms with Crippen molar-refractivity contribution >= 4 is 22.7 Å². The van der Waals surface area contributed by atoms with Crippen LogP contribution in [0.3, 0.4) is 0 Å². The molecule has 2 aromatic rings. The minimum absolute atomic E-state index is 0.213. The van der Waals surface area contributed by atoms with E-state index in [0.29, 0.717) is 30.8 Å². The van der Waals surface area contributed by atoms with Crippen molar-refractivity contribution in [3.8, 4) is 0 Å². The summed E-state index contributed by atoms with van der Waals surface area (Å²) in [6.45, 7) is 1.14. The van der Waals surface area contributed by atoms with Crippen molar-refractivity contribution in [1.29, 1.82) is 0 Å². The summed E-state index contributed by atoms with van der Waals surface area (Å²) < 4.78 is 0. The molecule has 0 aliphatic carbocycles. The van der Waals surface area contributed by atoms with Gasteiger partial charge in [-0.25, -0.2) is 14.8 Å². The number of hydrogen-bond donors (Lipinski definition) is 2. The maximum atomic E-state index is 11.1. The standard InChI is InChI=1S/C13H13N3O3/c17-8-5-6-16(7-8)12-9-3-1-2-4-10(9)14-11(15-12)13(18)19/h1-4,8,17H,5-7H2,(H,18,19). The van der Waals surface area contributed by atoms with Gasteiger partial charge in [0, 0.05) is 18.5 Å². The van der Waals surface area contributed by atoms with Crippen LogP contribution in [0.25, 0.3) is 10.9 Å². The van der Waals surface area contributed by atoms with Gasteiger partial charge >= 0.3 is 5.97 Å². The molecule has 0 saturated carbocycles. The fourth-order valence-corrected chi connectivity index (χ4v) is 2.33. The minimum atomic E-state index is -1.15. The number of fused-ring (bicyclic) bond motifs is 1. The molecule has 0 bridgehead atoms. The number of carboxylic acids is 1. The molecule has 1 aliphatic rings. The first kappa shape index (κ1) is 11.9. The molecule has 1 unspecified atom stereocenters. The topological polar surface area (TPSA) is 86.5 Å². The summed E-state index contributed by atoms with van der Waals surface area (Å²) in [7, 11) is 0. The van der Waals surface area contributed by atoms with Crippen LogP contribution in [0.5, 0.6) is 0 Å². The number of aromatic nitrogens is 2.